The summed E-state index contributed by atoms with van der Waals surface area (Å²) in [5, 5.41) is 0. The molecule has 0 amide bonds. The van der Waals surface area contributed by atoms with Crippen molar-refractivity contribution in [3.05, 3.63) is 97.2 Å². The Bertz CT molecular complexity index is 1330. The standard InChI is InChI=1S/C60H100O6/c1-4-7-10-13-16-18-20-21-22-23-24-25-26-27-28-29-30-31-32-33-34-35-36-37-38-39-41-42-44-47-50-53-59(62)65-56-57(55-64-58(61)52-49-46-15-12-9-6-3)66-60(63)54-51-48-45-43-40-19-17-14-11-8-5-2/h7,10,14,16-18,21-22,24-25,27-28,30-31,33-34,57H,4-6,8-9,11-13,15,19-20,23,26,29,32,35-56H2,1-3H3/b10-7-,17-14-,18-16-,22-21-,25-24-,28-27-,31-30-,34-33-. The molecule has 0 aromatic rings. The van der Waals surface area contributed by atoms with Crippen molar-refractivity contribution in [2.24, 2.45) is 0 Å². The van der Waals surface area contributed by atoms with E-state index in [-0.39, 0.29) is 31.1 Å². The number of rotatable bonds is 48. The van der Waals surface area contributed by atoms with Gasteiger partial charge in [0.2, 0.25) is 0 Å². The van der Waals surface area contributed by atoms with Gasteiger partial charge in [-0.1, -0.05) is 227 Å². The molecule has 0 N–H and O–H groups in total. The second-order valence-electron chi connectivity index (χ2n) is 17.8. The Hall–Kier alpha value is -3.67. The molecule has 0 aromatic carbocycles. The van der Waals surface area contributed by atoms with Crippen LogP contribution in [0.25, 0.3) is 0 Å². The summed E-state index contributed by atoms with van der Waals surface area (Å²) in [6, 6.07) is 0. The highest BCUT2D eigenvalue weighted by Crippen LogP contribution is 2.14. The van der Waals surface area contributed by atoms with Crippen LogP contribution in [-0.2, 0) is 28.6 Å². The molecule has 0 rings (SSSR count). The maximum atomic E-state index is 12.7. The van der Waals surface area contributed by atoms with E-state index in [1.807, 2.05) is 0 Å². The number of unbranched alkanes of at least 4 members (excludes halogenated alkanes) is 21. The first kappa shape index (κ1) is 62.3. The van der Waals surface area contributed by atoms with Gasteiger partial charge in [0.15, 0.2) is 6.10 Å². The van der Waals surface area contributed by atoms with Crippen LogP contribution in [0.2, 0.25) is 0 Å². The minimum absolute atomic E-state index is 0.0821. The van der Waals surface area contributed by atoms with Crippen LogP contribution in [0.15, 0.2) is 97.2 Å². The molecule has 0 fully saturated rings. The van der Waals surface area contributed by atoms with Crippen LogP contribution in [0.4, 0.5) is 0 Å². The van der Waals surface area contributed by atoms with Gasteiger partial charge in [0.05, 0.1) is 0 Å². The third kappa shape index (κ3) is 51.3. The van der Waals surface area contributed by atoms with Gasteiger partial charge in [-0.25, -0.2) is 0 Å². The van der Waals surface area contributed by atoms with Crippen LogP contribution in [-0.4, -0.2) is 37.2 Å². The zero-order chi connectivity index (χ0) is 47.9. The van der Waals surface area contributed by atoms with Crippen LogP contribution in [0.5, 0.6) is 0 Å². The molecule has 0 saturated carbocycles. The Morgan fingerprint density at radius 2 is 0.606 bits per heavy atom. The van der Waals surface area contributed by atoms with Gasteiger partial charge in [0.25, 0.3) is 0 Å². The third-order valence-corrected chi connectivity index (χ3v) is 11.3. The van der Waals surface area contributed by atoms with Crippen LogP contribution >= 0.6 is 0 Å². The minimum Gasteiger partial charge on any atom is -0.462 e. The predicted octanol–water partition coefficient (Wildman–Crippen LogP) is 18.1. The zero-order valence-electron chi connectivity index (χ0n) is 42.9. The first-order valence-corrected chi connectivity index (χ1v) is 27.2. The lowest BCUT2D eigenvalue weighted by Gasteiger charge is -2.18. The highest BCUT2D eigenvalue weighted by Gasteiger charge is 2.19. The van der Waals surface area contributed by atoms with Gasteiger partial charge in [0.1, 0.15) is 13.2 Å². The lowest BCUT2D eigenvalue weighted by Crippen LogP contribution is -2.30. The molecule has 66 heavy (non-hydrogen) atoms. The average molecular weight is 917 g/mol. The lowest BCUT2D eigenvalue weighted by atomic mass is 10.1. The van der Waals surface area contributed by atoms with E-state index < -0.39 is 6.10 Å². The van der Waals surface area contributed by atoms with Crippen molar-refractivity contribution in [3.8, 4) is 0 Å². The van der Waals surface area contributed by atoms with E-state index in [9.17, 15) is 14.4 Å². The molecule has 0 aliphatic rings. The van der Waals surface area contributed by atoms with Gasteiger partial charge in [0, 0.05) is 19.3 Å². The Balaban J connectivity index is 4.07. The summed E-state index contributed by atoms with van der Waals surface area (Å²) in [7, 11) is 0. The van der Waals surface area contributed by atoms with Crippen molar-refractivity contribution in [2.45, 2.75) is 252 Å². The fourth-order valence-corrected chi connectivity index (χ4v) is 7.23. The maximum Gasteiger partial charge on any atom is 0.306 e. The Kier molecular flexibility index (Phi) is 50.9. The molecule has 0 bridgehead atoms. The Labute approximate surface area is 407 Å². The largest absolute Gasteiger partial charge is 0.462 e. The molecular weight excluding hydrogens is 817 g/mol. The molecule has 0 aliphatic heterocycles. The number of allylic oxidation sites excluding steroid dienone is 16. The quantitative estimate of drug-likeness (QED) is 0.0262. The van der Waals surface area contributed by atoms with E-state index in [1.54, 1.807) is 0 Å². The van der Waals surface area contributed by atoms with Crippen LogP contribution in [0.3, 0.4) is 0 Å². The number of hydrogen-bond donors (Lipinski definition) is 0. The molecule has 1 unspecified atom stereocenters. The van der Waals surface area contributed by atoms with Crippen LogP contribution < -0.4 is 0 Å². The topological polar surface area (TPSA) is 78.9 Å². The van der Waals surface area contributed by atoms with Crippen molar-refractivity contribution >= 4 is 17.9 Å². The molecule has 6 nitrogen and oxygen atoms in total. The van der Waals surface area contributed by atoms with Crippen molar-refractivity contribution in [3.63, 3.8) is 0 Å². The molecule has 0 aliphatic carbocycles. The maximum absolute atomic E-state index is 12.7. The van der Waals surface area contributed by atoms with E-state index in [0.717, 1.165) is 122 Å². The summed E-state index contributed by atoms with van der Waals surface area (Å²) in [5.74, 6) is -0.911. The molecule has 0 saturated heterocycles. The minimum atomic E-state index is -0.779. The first-order valence-electron chi connectivity index (χ1n) is 27.2. The van der Waals surface area contributed by atoms with Crippen LogP contribution in [0, 0.1) is 0 Å². The summed E-state index contributed by atoms with van der Waals surface area (Å²) in [6.45, 7) is 6.40. The van der Waals surface area contributed by atoms with E-state index >= 15 is 0 Å². The van der Waals surface area contributed by atoms with Gasteiger partial charge in [-0.15, -0.1) is 0 Å². The van der Waals surface area contributed by atoms with E-state index in [2.05, 4.69) is 118 Å². The molecule has 6 heteroatoms. The number of carbonyl (C=O) groups excluding carboxylic acids is 3. The summed E-state index contributed by atoms with van der Waals surface area (Å²) in [5.41, 5.74) is 0. The number of ether oxygens (including phenoxy) is 3. The lowest BCUT2D eigenvalue weighted by molar-refractivity contribution is -0.167. The average Bonchev–Trinajstić information content (AvgIpc) is 3.31. The van der Waals surface area contributed by atoms with Crippen molar-refractivity contribution < 1.29 is 28.6 Å². The fraction of sp³-hybridized carbons (Fsp3) is 0.683. The summed E-state index contributed by atoms with van der Waals surface area (Å²) in [6.07, 6.45) is 71.5. The van der Waals surface area contributed by atoms with Gasteiger partial charge in [-0.3, -0.25) is 14.4 Å². The summed E-state index contributed by atoms with van der Waals surface area (Å²) in [4.78, 5) is 37.7. The molecule has 0 aromatic heterocycles. The highest BCUT2D eigenvalue weighted by molar-refractivity contribution is 5.71. The predicted molar refractivity (Wildman–Crippen MR) is 284 cm³/mol. The second-order valence-corrected chi connectivity index (χ2v) is 17.8. The molecule has 376 valence electrons. The van der Waals surface area contributed by atoms with E-state index in [4.69, 9.17) is 14.2 Å². The number of carbonyl (C=O) groups is 3. The van der Waals surface area contributed by atoms with Crippen LogP contribution in [0.1, 0.15) is 245 Å². The smallest absolute Gasteiger partial charge is 0.306 e. The molecule has 0 radical (unpaired) electrons. The highest BCUT2D eigenvalue weighted by atomic mass is 16.6. The zero-order valence-corrected chi connectivity index (χ0v) is 42.9. The van der Waals surface area contributed by atoms with Crippen molar-refractivity contribution in [1.82, 2.24) is 0 Å². The second kappa shape index (κ2) is 53.9. The van der Waals surface area contributed by atoms with Gasteiger partial charge < -0.3 is 14.2 Å². The summed E-state index contributed by atoms with van der Waals surface area (Å²) >= 11 is 0. The molecule has 1 atom stereocenters. The van der Waals surface area contributed by atoms with Gasteiger partial charge in [-0.2, -0.15) is 0 Å². The first-order chi connectivity index (χ1) is 32.5. The van der Waals surface area contributed by atoms with Gasteiger partial charge >= 0.3 is 17.9 Å². The Morgan fingerprint density at radius 1 is 0.318 bits per heavy atom. The van der Waals surface area contributed by atoms with Gasteiger partial charge in [-0.05, 0) is 96.3 Å². The SMILES string of the molecule is CC/C=C\C/C=C\C/C=C\C/C=C\C/C=C\C/C=C\C/C=C\CCCCCCCCCCCC(=O)OCC(COC(=O)CCCCCCCC)OC(=O)CCCCCCC/C=C\CCCC. The molecular formula is C60H100O6. The Morgan fingerprint density at radius 3 is 0.985 bits per heavy atom. The van der Waals surface area contributed by atoms with E-state index in [0.29, 0.717) is 19.3 Å². The fourth-order valence-electron chi connectivity index (χ4n) is 7.23. The van der Waals surface area contributed by atoms with Crippen molar-refractivity contribution in [2.75, 3.05) is 13.2 Å². The monoisotopic (exact) mass is 917 g/mol. The number of hydrogen-bond acceptors (Lipinski definition) is 6. The normalized spacial score (nSPS) is 12.8. The van der Waals surface area contributed by atoms with Crippen molar-refractivity contribution in [1.29, 1.82) is 0 Å². The number of esters is 3. The third-order valence-electron chi connectivity index (χ3n) is 11.3. The molecule has 0 heterocycles. The molecule has 0 spiro atoms. The summed E-state index contributed by atoms with van der Waals surface area (Å²) < 4.78 is 16.7. The van der Waals surface area contributed by atoms with E-state index in [1.165, 1.54) is 83.5 Å².